The van der Waals surface area contributed by atoms with Crippen molar-refractivity contribution in [3.8, 4) is 0 Å². The normalized spacial score (nSPS) is 16.8. The summed E-state index contributed by atoms with van der Waals surface area (Å²) in [6.45, 7) is 6.17. The standard InChI is InChI=1S/C8H18O2/c1-4-5-7(2)10-8(3)6-9/h7-9H,4-6H2,1-3H3. The molecule has 1 N–H and O–H groups in total. The molecule has 0 saturated carbocycles. The topological polar surface area (TPSA) is 29.5 Å². The molecule has 0 heterocycles. The maximum absolute atomic E-state index is 8.63. The Labute approximate surface area is 63.2 Å². The lowest BCUT2D eigenvalue weighted by Gasteiger charge is -2.16. The van der Waals surface area contributed by atoms with Crippen LogP contribution in [0, 0.1) is 0 Å². The molecule has 62 valence electrons. The molecule has 0 rings (SSSR count). The van der Waals surface area contributed by atoms with Gasteiger partial charge in [0.2, 0.25) is 0 Å². The minimum atomic E-state index is -0.0125. The summed E-state index contributed by atoms with van der Waals surface area (Å²) in [4.78, 5) is 0. The number of aliphatic hydroxyl groups excluding tert-OH is 1. The molecule has 0 radical (unpaired) electrons. The molecule has 0 saturated heterocycles. The van der Waals surface area contributed by atoms with E-state index in [2.05, 4.69) is 6.92 Å². The molecule has 0 aromatic carbocycles. The molecule has 0 spiro atoms. The van der Waals surface area contributed by atoms with Crippen LogP contribution in [0.1, 0.15) is 33.6 Å². The highest BCUT2D eigenvalue weighted by atomic mass is 16.5. The van der Waals surface area contributed by atoms with E-state index in [1.807, 2.05) is 13.8 Å². The molecular weight excluding hydrogens is 128 g/mol. The van der Waals surface area contributed by atoms with Crippen LogP contribution in [0.2, 0.25) is 0 Å². The van der Waals surface area contributed by atoms with E-state index in [0.717, 1.165) is 12.8 Å². The fraction of sp³-hybridized carbons (Fsp3) is 1.00. The van der Waals surface area contributed by atoms with Crippen molar-refractivity contribution < 1.29 is 9.84 Å². The largest absolute Gasteiger partial charge is 0.394 e. The van der Waals surface area contributed by atoms with Crippen molar-refractivity contribution in [1.82, 2.24) is 0 Å². The number of rotatable bonds is 5. The second-order valence-corrected chi connectivity index (χ2v) is 2.73. The van der Waals surface area contributed by atoms with Gasteiger partial charge in [0.1, 0.15) is 0 Å². The van der Waals surface area contributed by atoms with Crippen LogP contribution in [0.3, 0.4) is 0 Å². The second kappa shape index (κ2) is 5.69. The van der Waals surface area contributed by atoms with Gasteiger partial charge in [0.25, 0.3) is 0 Å². The summed E-state index contributed by atoms with van der Waals surface area (Å²) in [5.74, 6) is 0. The number of ether oxygens (including phenoxy) is 1. The van der Waals surface area contributed by atoms with Gasteiger partial charge in [0.15, 0.2) is 0 Å². The van der Waals surface area contributed by atoms with E-state index in [1.165, 1.54) is 0 Å². The van der Waals surface area contributed by atoms with Crippen molar-refractivity contribution in [1.29, 1.82) is 0 Å². The molecule has 2 unspecified atom stereocenters. The Hall–Kier alpha value is -0.0800. The first kappa shape index (κ1) is 9.92. The van der Waals surface area contributed by atoms with Crippen molar-refractivity contribution in [2.45, 2.75) is 45.8 Å². The van der Waals surface area contributed by atoms with Gasteiger partial charge in [-0.05, 0) is 20.3 Å². The molecule has 0 aliphatic carbocycles. The zero-order chi connectivity index (χ0) is 7.98. The maximum Gasteiger partial charge on any atom is 0.0781 e. The molecule has 0 aliphatic rings. The average molecular weight is 146 g/mol. The molecule has 0 aromatic heterocycles. The number of hydrogen-bond donors (Lipinski definition) is 1. The van der Waals surface area contributed by atoms with Gasteiger partial charge >= 0.3 is 0 Å². The summed E-state index contributed by atoms with van der Waals surface area (Å²) < 4.78 is 5.39. The molecule has 10 heavy (non-hydrogen) atoms. The minimum Gasteiger partial charge on any atom is -0.394 e. The molecule has 2 heteroatoms. The van der Waals surface area contributed by atoms with Crippen LogP contribution >= 0.6 is 0 Å². The van der Waals surface area contributed by atoms with Gasteiger partial charge in [-0.15, -0.1) is 0 Å². The van der Waals surface area contributed by atoms with E-state index in [0.29, 0.717) is 0 Å². The van der Waals surface area contributed by atoms with Gasteiger partial charge in [0.05, 0.1) is 18.8 Å². The van der Waals surface area contributed by atoms with Crippen molar-refractivity contribution >= 4 is 0 Å². The minimum absolute atomic E-state index is 0.0125. The van der Waals surface area contributed by atoms with Crippen LogP contribution in [0.25, 0.3) is 0 Å². The van der Waals surface area contributed by atoms with E-state index < -0.39 is 0 Å². The van der Waals surface area contributed by atoms with Gasteiger partial charge in [0, 0.05) is 0 Å². The Morgan fingerprint density at radius 1 is 1.30 bits per heavy atom. The number of aliphatic hydroxyl groups is 1. The zero-order valence-corrected chi connectivity index (χ0v) is 7.13. The highest BCUT2D eigenvalue weighted by Gasteiger charge is 2.05. The van der Waals surface area contributed by atoms with E-state index >= 15 is 0 Å². The highest BCUT2D eigenvalue weighted by Crippen LogP contribution is 2.03. The molecule has 2 atom stereocenters. The van der Waals surface area contributed by atoms with Crippen LogP contribution in [0.4, 0.5) is 0 Å². The van der Waals surface area contributed by atoms with E-state index in [-0.39, 0.29) is 18.8 Å². The molecule has 2 nitrogen and oxygen atoms in total. The third-order valence-corrected chi connectivity index (χ3v) is 1.42. The monoisotopic (exact) mass is 146 g/mol. The van der Waals surface area contributed by atoms with Crippen molar-refractivity contribution in [2.75, 3.05) is 6.61 Å². The zero-order valence-electron chi connectivity index (χ0n) is 7.13. The van der Waals surface area contributed by atoms with Crippen LogP contribution < -0.4 is 0 Å². The Morgan fingerprint density at radius 2 is 1.90 bits per heavy atom. The molecule has 0 aliphatic heterocycles. The third kappa shape index (κ3) is 4.77. The molecule has 0 amide bonds. The van der Waals surface area contributed by atoms with Crippen molar-refractivity contribution in [3.63, 3.8) is 0 Å². The van der Waals surface area contributed by atoms with Gasteiger partial charge in [-0.25, -0.2) is 0 Å². The first-order valence-electron chi connectivity index (χ1n) is 3.97. The van der Waals surface area contributed by atoms with Crippen molar-refractivity contribution in [2.24, 2.45) is 0 Å². The lowest BCUT2D eigenvalue weighted by molar-refractivity contribution is -0.0239. The fourth-order valence-electron chi connectivity index (χ4n) is 0.914. The van der Waals surface area contributed by atoms with Gasteiger partial charge in [-0.2, -0.15) is 0 Å². The number of hydrogen-bond acceptors (Lipinski definition) is 2. The molecule has 0 bridgehead atoms. The average Bonchev–Trinajstić information content (AvgIpc) is 1.88. The third-order valence-electron chi connectivity index (χ3n) is 1.42. The lowest BCUT2D eigenvalue weighted by atomic mass is 10.2. The van der Waals surface area contributed by atoms with E-state index in [1.54, 1.807) is 0 Å². The summed E-state index contributed by atoms with van der Waals surface area (Å²) in [5.41, 5.74) is 0. The fourth-order valence-corrected chi connectivity index (χ4v) is 0.914. The SMILES string of the molecule is CCCC(C)OC(C)CO. The van der Waals surface area contributed by atoms with Gasteiger partial charge in [-0.1, -0.05) is 13.3 Å². The highest BCUT2D eigenvalue weighted by molar-refractivity contribution is 4.52. The van der Waals surface area contributed by atoms with Gasteiger partial charge < -0.3 is 9.84 Å². The first-order chi connectivity index (χ1) is 4.70. The van der Waals surface area contributed by atoms with Crippen molar-refractivity contribution in [3.05, 3.63) is 0 Å². The van der Waals surface area contributed by atoms with E-state index in [4.69, 9.17) is 9.84 Å². The summed E-state index contributed by atoms with van der Waals surface area (Å²) in [5, 5.41) is 8.63. The van der Waals surface area contributed by atoms with Gasteiger partial charge in [-0.3, -0.25) is 0 Å². The summed E-state index contributed by atoms with van der Waals surface area (Å²) in [7, 11) is 0. The quantitative estimate of drug-likeness (QED) is 0.638. The van der Waals surface area contributed by atoms with Crippen LogP contribution in [0.5, 0.6) is 0 Å². The van der Waals surface area contributed by atoms with Crippen LogP contribution in [-0.4, -0.2) is 23.9 Å². The lowest BCUT2D eigenvalue weighted by Crippen LogP contribution is -2.19. The summed E-state index contributed by atoms with van der Waals surface area (Å²) in [6, 6.07) is 0. The predicted molar refractivity (Wildman–Crippen MR) is 42.0 cm³/mol. The molecule has 0 aromatic rings. The summed E-state index contributed by atoms with van der Waals surface area (Å²) in [6.07, 6.45) is 2.48. The maximum atomic E-state index is 8.63. The second-order valence-electron chi connectivity index (χ2n) is 2.73. The van der Waals surface area contributed by atoms with Crippen LogP contribution in [0.15, 0.2) is 0 Å². The smallest absolute Gasteiger partial charge is 0.0781 e. The first-order valence-corrected chi connectivity index (χ1v) is 3.97. The van der Waals surface area contributed by atoms with Crippen LogP contribution in [-0.2, 0) is 4.74 Å². The Bertz CT molecular complexity index is 73.7. The Balaban J connectivity index is 3.27. The predicted octanol–water partition coefficient (Wildman–Crippen LogP) is 1.57. The Kier molecular flexibility index (Phi) is 5.64. The summed E-state index contributed by atoms with van der Waals surface area (Å²) >= 11 is 0. The molecular formula is C8H18O2. The Morgan fingerprint density at radius 3 is 2.30 bits per heavy atom. The van der Waals surface area contributed by atoms with E-state index in [9.17, 15) is 0 Å². The molecule has 0 fully saturated rings.